The highest BCUT2D eigenvalue weighted by Gasteiger charge is 2.19. The van der Waals surface area contributed by atoms with Gasteiger partial charge in [0, 0.05) is 0 Å². The molecule has 72 valence electrons. The van der Waals surface area contributed by atoms with Crippen molar-refractivity contribution in [1.82, 2.24) is 0 Å². The zero-order chi connectivity index (χ0) is 9.72. The molecule has 0 aliphatic rings. The van der Waals surface area contributed by atoms with E-state index in [1.54, 1.807) is 0 Å². The molecular formula is C6H12FNO4. The van der Waals surface area contributed by atoms with Crippen LogP contribution in [0, 0.1) is 0 Å². The molecule has 1 unspecified atom stereocenters. The second-order valence-electron chi connectivity index (χ2n) is 2.45. The van der Waals surface area contributed by atoms with Crippen molar-refractivity contribution in [1.29, 1.82) is 0 Å². The van der Waals surface area contributed by atoms with Crippen LogP contribution in [0.1, 0.15) is 12.8 Å². The Bertz CT molecular complexity index is 152. The van der Waals surface area contributed by atoms with Crippen molar-refractivity contribution >= 4 is 5.97 Å². The summed E-state index contributed by atoms with van der Waals surface area (Å²) >= 11 is 0. The van der Waals surface area contributed by atoms with Crippen LogP contribution in [-0.2, 0) is 4.79 Å². The molecule has 5 N–H and O–H groups in total. The average Bonchev–Trinajstić information content (AvgIpc) is 1.98. The minimum Gasteiger partial charge on any atom is -0.480 e. The number of alkyl halides is 1. The van der Waals surface area contributed by atoms with E-state index in [1.165, 1.54) is 0 Å². The largest absolute Gasteiger partial charge is 0.480 e. The highest BCUT2D eigenvalue weighted by atomic mass is 19.1. The molecule has 0 spiro atoms. The zero-order valence-electron chi connectivity index (χ0n) is 6.35. The minimum atomic E-state index is -2.06. The van der Waals surface area contributed by atoms with E-state index < -0.39 is 24.5 Å². The van der Waals surface area contributed by atoms with E-state index in [0.717, 1.165) is 0 Å². The van der Waals surface area contributed by atoms with Crippen LogP contribution in [0.4, 0.5) is 4.39 Å². The van der Waals surface area contributed by atoms with Crippen molar-refractivity contribution < 1.29 is 24.5 Å². The van der Waals surface area contributed by atoms with Crippen LogP contribution in [-0.4, -0.2) is 39.8 Å². The Hall–Kier alpha value is -0.720. The van der Waals surface area contributed by atoms with Gasteiger partial charge < -0.3 is 21.1 Å². The number of aliphatic carboxylic acids is 1. The molecule has 0 saturated heterocycles. The van der Waals surface area contributed by atoms with Crippen molar-refractivity contribution in [3.8, 4) is 0 Å². The monoisotopic (exact) mass is 181 g/mol. The topological polar surface area (TPSA) is 104 Å². The number of halogens is 1. The molecule has 0 aliphatic carbocycles. The van der Waals surface area contributed by atoms with Gasteiger partial charge in [0.15, 0.2) is 12.5 Å². The second-order valence-corrected chi connectivity index (χ2v) is 2.45. The molecule has 0 aromatic rings. The fraction of sp³-hybridized carbons (Fsp3) is 0.833. The van der Waals surface area contributed by atoms with Crippen molar-refractivity contribution in [3.63, 3.8) is 0 Å². The number of carboxylic acids is 1. The highest BCUT2D eigenvalue weighted by molar-refractivity contribution is 5.72. The third-order valence-electron chi connectivity index (χ3n) is 1.39. The van der Waals surface area contributed by atoms with E-state index in [1.807, 2.05) is 0 Å². The van der Waals surface area contributed by atoms with Crippen LogP contribution in [0.3, 0.4) is 0 Å². The van der Waals surface area contributed by atoms with Gasteiger partial charge >= 0.3 is 5.97 Å². The molecule has 0 heterocycles. The Morgan fingerprint density at radius 3 is 2.25 bits per heavy atom. The van der Waals surface area contributed by atoms with E-state index in [0.29, 0.717) is 0 Å². The lowest BCUT2D eigenvalue weighted by atomic mass is 10.1. The molecule has 6 heteroatoms. The molecule has 12 heavy (non-hydrogen) atoms. The van der Waals surface area contributed by atoms with E-state index in [-0.39, 0.29) is 12.8 Å². The molecule has 0 rings (SSSR count). The maximum Gasteiger partial charge on any atom is 0.320 e. The van der Waals surface area contributed by atoms with Gasteiger partial charge in [-0.15, -0.1) is 0 Å². The number of carbonyl (C=O) groups is 1. The molecule has 0 bridgehead atoms. The minimum absolute atomic E-state index is 0.117. The first-order valence-corrected chi connectivity index (χ1v) is 3.43. The second kappa shape index (κ2) is 5.02. The number of hydrogen-bond donors (Lipinski definition) is 4. The first kappa shape index (κ1) is 11.3. The summed E-state index contributed by atoms with van der Waals surface area (Å²) in [5, 5.41) is 24.8. The third-order valence-corrected chi connectivity index (χ3v) is 1.39. The number of nitrogens with two attached hydrogens (primary N) is 1. The predicted molar refractivity (Wildman–Crippen MR) is 38.0 cm³/mol. The maximum atomic E-state index is 12.4. The van der Waals surface area contributed by atoms with Gasteiger partial charge in [0.05, 0.1) is 0 Å². The quantitative estimate of drug-likeness (QED) is 0.400. The molecule has 0 aliphatic heterocycles. The van der Waals surface area contributed by atoms with Crippen LogP contribution in [0.5, 0.6) is 0 Å². The van der Waals surface area contributed by atoms with Crippen LogP contribution < -0.4 is 5.73 Å². The Labute approximate surface area is 68.6 Å². The van der Waals surface area contributed by atoms with E-state index in [2.05, 4.69) is 0 Å². The fourth-order valence-corrected chi connectivity index (χ4v) is 0.611. The number of carboxylic acid groups (broad SMARTS) is 1. The SMILES string of the molecule is N[C@@H](CCC(F)C(O)O)C(=O)O. The number of hydrogen-bond acceptors (Lipinski definition) is 4. The van der Waals surface area contributed by atoms with Gasteiger partial charge in [-0.3, -0.25) is 4.79 Å². The smallest absolute Gasteiger partial charge is 0.320 e. The molecule has 0 saturated carbocycles. The maximum absolute atomic E-state index is 12.4. The van der Waals surface area contributed by atoms with Gasteiger partial charge in [-0.05, 0) is 12.8 Å². The summed E-state index contributed by atoms with van der Waals surface area (Å²) in [5.41, 5.74) is 5.04. The first-order valence-electron chi connectivity index (χ1n) is 3.43. The first-order chi connectivity index (χ1) is 5.45. The Morgan fingerprint density at radius 1 is 1.42 bits per heavy atom. The van der Waals surface area contributed by atoms with Gasteiger partial charge in [0.1, 0.15) is 6.04 Å². The Morgan fingerprint density at radius 2 is 1.92 bits per heavy atom. The molecule has 2 atom stereocenters. The van der Waals surface area contributed by atoms with Crippen molar-refractivity contribution in [3.05, 3.63) is 0 Å². The standard InChI is InChI=1S/C6H12FNO4/c7-3(5(9)10)1-2-4(8)6(11)12/h3-5,9-10H,1-2,8H2,(H,11,12)/t3?,4-/m0/s1. The molecule has 0 aromatic heterocycles. The van der Waals surface area contributed by atoms with E-state index in [9.17, 15) is 9.18 Å². The molecule has 0 amide bonds. The summed E-state index contributed by atoms with van der Waals surface area (Å²) in [7, 11) is 0. The zero-order valence-corrected chi connectivity index (χ0v) is 6.35. The molecule has 0 fully saturated rings. The van der Waals surface area contributed by atoms with Gasteiger partial charge in [-0.25, -0.2) is 4.39 Å². The lowest BCUT2D eigenvalue weighted by Crippen LogP contribution is -2.32. The van der Waals surface area contributed by atoms with Crippen molar-refractivity contribution in [2.75, 3.05) is 0 Å². The van der Waals surface area contributed by atoms with Crippen LogP contribution in [0.15, 0.2) is 0 Å². The van der Waals surface area contributed by atoms with Gasteiger partial charge in [-0.2, -0.15) is 0 Å². The summed E-state index contributed by atoms with van der Waals surface area (Å²) in [4.78, 5) is 10.1. The summed E-state index contributed by atoms with van der Waals surface area (Å²) in [6, 6.07) is -1.15. The normalized spacial score (nSPS) is 16.1. The summed E-state index contributed by atoms with van der Waals surface area (Å²) < 4.78 is 12.4. The van der Waals surface area contributed by atoms with E-state index in [4.69, 9.17) is 21.1 Å². The fourth-order valence-electron chi connectivity index (χ4n) is 0.611. The third kappa shape index (κ3) is 4.22. The lowest BCUT2D eigenvalue weighted by Gasteiger charge is -2.11. The molecule has 5 nitrogen and oxygen atoms in total. The summed E-state index contributed by atoms with van der Waals surface area (Å²) in [6.07, 6.45) is -4.29. The summed E-state index contributed by atoms with van der Waals surface area (Å²) in [6.45, 7) is 0. The van der Waals surface area contributed by atoms with Crippen LogP contribution in [0.25, 0.3) is 0 Å². The summed E-state index contributed by atoms with van der Waals surface area (Å²) in [5.74, 6) is -1.23. The Kier molecular flexibility index (Phi) is 4.72. The van der Waals surface area contributed by atoms with Gasteiger partial charge in [0.2, 0.25) is 0 Å². The predicted octanol–water partition coefficient (Wildman–Crippen LogP) is -1.17. The number of aliphatic hydroxyl groups is 2. The molecule has 0 aromatic carbocycles. The van der Waals surface area contributed by atoms with Crippen LogP contribution >= 0.6 is 0 Å². The van der Waals surface area contributed by atoms with Crippen molar-refractivity contribution in [2.24, 2.45) is 5.73 Å². The Balaban J connectivity index is 3.61. The number of aliphatic hydroxyl groups excluding tert-OH is 1. The van der Waals surface area contributed by atoms with E-state index >= 15 is 0 Å². The van der Waals surface area contributed by atoms with Crippen molar-refractivity contribution in [2.45, 2.75) is 31.3 Å². The van der Waals surface area contributed by atoms with Gasteiger partial charge in [-0.1, -0.05) is 0 Å². The lowest BCUT2D eigenvalue weighted by molar-refractivity contribution is -0.139. The number of rotatable bonds is 5. The average molecular weight is 181 g/mol. The molecule has 0 radical (unpaired) electrons. The molecular weight excluding hydrogens is 169 g/mol. The highest BCUT2D eigenvalue weighted by Crippen LogP contribution is 2.06. The van der Waals surface area contributed by atoms with Gasteiger partial charge in [0.25, 0.3) is 0 Å². The van der Waals surface area contributed by atoms with Crippen LogP contribution in [0.2, 0.25) is 0 Å².